The summed E-state index contributed by atoms with van der Waals surface area (Å²) >= 11 is 10.3. The van der Waals surface area contributed by atoms with E-state index < -0.39 is 0 Å². The lowest BCUT2D eigenvalue weighted by Gasteiger charge is -2.05. The third-order valence-electron chi connectivity index (χ3n) is 3.62. The fraction of sp³-hybridized carbons (Fsp3) is 0.0588. The summed E-state index contributed by atoms with van der Waals surface area (Å²) in [5.41, 5.74) is 1.12. The molecule has 8 heteroatoms. The number of nitrogens with one attached hydrogen (secondary N) is 1. The van der Waals surface area contributed by atoms with Gasteiger partial charge in [0.2, 0.25) is 0 Å². The van der Waals surface area contributed by atoms with Crippen LogP contribution >= 0.6 is 46.0 Å². The van der Waals surface area contributed by atoms with Gasteiger partial charge >= 0.3 is 0 Å². The molecular formula is C17H10ClFN2OS3. The predicted molar refractivity (Wildman–Crippen MR) is 105 cm³/mol. The Morgan fingerprint density at radius 2 is 2.12 bits per heavy atom. The van der Waals surface area contributed by atoms with Crippen molar-refractivity contribution in [3.05, 3.63) is 67.8 Å². The van der Waals surface area contributed by atoms with Crippen LogP contribution in [0.15, 0.2) is 51.0 Å². The van der Waals surface area contributed by atoms with Crippen molar-refractivity contribution < 1.29 is 4.39 Å². The molecule has 0 aliphatic rings. The van der Waals surface area contributed by atoms with Crippen LogP contribution in [-0.4, -0.2) is 9.97 Å². The number of H-pyrrole nitrogens is 1. The number of halogens is 2. The van der Waals surface area contributed by atoms with E-state index >= 15 is 0 Å². The summed E-state index contributed by atoms with van der Waals surface area (Å²) in [6, 6.07) is 8.51. The summed E-state index contributed by atoms with van der Waals surface area (Å²) < 4.78 is 13.9. The van der Waals surface area contributed by atoms with Gasteiger partial charge in [0.15, 0.2) is 5.16 Å². The molecule has 0 aliphatic carbocycles. The molecule has 3 heterocycles. The molecule has 3 aromatic heterocycles. The minimum Gasteiger partial charge on any atom is -0.301 e. The maximum atomic E-state index is 13.9. The molecule has 0 aliphatic heterocycles. The maximum absolute atomic E-state index is 13.9. The molecule has 25 heavy (non-hydrogen) atoms. The second kappa shape index (κ2) is 6.92. The van der Waals surface area contributed by atoms with E-state index in [1.807, 2.05) is 22.9 Å². The van der Waals surface area contributed by atoms with Gasteiger partial charge in [0.25, 0.3) is 5.56 Å². The second-order valence-electron chi connectivity index (χ2n) is 5.17. The zero-order valence-corrected chi connectivity index (χ0v) is 15.8. The first-order valence-electron chi connectivity index (χ1n) is 7.24. The Balaban J connectivity index is 1.67. The molecule has 0 amide bonds. The van der Waals surface area contributed by atoms with Gasteiger partial charge in [-0.15, -0.1) is 22.7 Å². The van der Waals surface area contributed by atoms with Gasteiger partial charge in [-0.3, -0.25) is 4.79 Å². The number of benzene rings is 1. The number of hydrogen-bond donors (Lipinski definition) is 1. The number of hydrogen-bond acceptors (Lipinski definition) is 5. The standard InChI is InChI=1S/C17H10ClFN2OS3/c18-11-3-1-4-12(19)9(11)7-25-17-20-15(22)14-10(8-24-16(14)21-17)13-5-2-6-23-13/h1-6,8H,7H2,(H,20,21,22). The first kappa shape index (κ1) is 16.8. The van der Waals surface area contributed by atoms with Crippen LogP contribution in [0.3, 0.4) is 0 Å². The average Bonchev–Trinajstić information content (AvgIpc) is 3.23. The summed E-state index contributed by atoms with van der Waals surface area (Å²) in [5, 5.41) is 5.34. The number of aromatic nitrogens is 2. The zero-order valence-electron chi connectivity index (χ0n) is 12.6. The highest BCUT2D eigenvalue weighted by atomic mass is 35.5. The van der Waals surface area contributed by atoms with Crippen molar-refractivity contribution in [2.24, 2.45) is 0 Å². The van der Waals surface area contributed by atoms with E-state index in [-0.39, 0.29) is 11.4 Å². The average molecular weight is 409 g/mol. The Hall–Kier alpha value is -1.67. The normalized spacial score (nSPS) is 11.3. The monoisotopic (exact) mass is 408 g/mol. The molecule has 0 spiro atoms. The van der Waals surface area contributed by atoms with Gasteiger partial charge in [-0.1, -0.05) is 35.5 Å². The van der Waals surface area contributed by atoms with Crippen LogP contribution in [0.1, 0.15) is 5.56 Å². The summed E-state index contributed by atoms with van der Waals surface area (Å²) in [4.78, 5) is 21.5. The fourth-order valence-electron chi connectivity index (χ4n) is 2.42. The molecule has 1 aromatic carbocycles. The molecule has 4 aromatic rings. The highest BCUT2D eigenvalue weighted by Gasteiger charge is 2.14. The van der Waals surface area contributed by atoms with E-state index in [1.54, 1.807) is 23.5 Å². The quantitative estimate of drug-likeness (QED) is 0.343. The number of nitrogens with zero attached hydrogens (tertiary/aromatic N) is 1. The molecule has 0 saturated heterocycles. The Morgan fingerprint density at radius 3 is 2.88 bits per heavy atom. The van der Waals surface area contributed by atoms with Gasteiger partial charge in [0.05, 0.1) is 5.39 Å². The van der Waals surface area contributed by atoms with Crippen LogP contribution in [0.4, 0.5) is 4.39 Å². The lowest BCUT2D eigenvalue weighted by Crippen LogP contribution is -2.08. The van der Waals surface area contributed by atoms with Gasteiger partial charge in [-0.05, 0) is 23.6 Å². The van der Waals surface area contributed by atoms with Crippen LogP contribution in [0.2, 0.25) is 5.02 Å². The Morgan fingerprint density at radius 1 is 1.24 bits per heavy atom. The number of fused-ring (bicyclic) bond motifs is 1. The van der Waals surface area contributed by atoms with Crippen molar-refractivity contribution in [2.75, 3.05) is 0 Å². The fourth-order valence-corrected chi connectivity index (χ4v) is 5.45. The van der Waals surface area contributed by atoms with E-state index in [0.29, 0.717) is 31.7 Å². The Kier molecular flexibility index (Phi) is 4.64. The molecule has 4 rings (SSSR count). The first-order valence-corrected chi connectivity index (χ1v) is 10.4. The third kappa shape index (κ3) is 3.25. The first-order chi connectivity index (χ1) is 12.1. The number of rotatable bonds is 4. The second-order valence-corrected chi connectivity index (χ2v) is 8.34. The van der Waals surface area contributed by atoms with Crippen molar-refractivity contribution in [1.29, 1.82) is 0 Å². The van der Waals surface area contributed by atoms with Gasteiger partial charge in [0, 0.05) is 32.2 Å². The van der Waals surface area contributed by atoms with E-state index in [0.717, 1.165) is 10.4 Å². The Labute approximate surface area is 159 Å². The lowest BCUT2D eigenvalue weighted by molar-refractivity contribution is 0.617. The van der Waals surface area contributed by atoms with E-state index in [1.165, 1.54) is 29.2 Å². The van der Waals surface area contributed by atoms with Gasteiger partial charge in [-0.2, -0.15) is 0 Å². The topological polar surface area (TPSA) is 45.8 Å². The lowest BCUT2D eigenvalue weighted by atomic mass is 10.2. The number of thioether (sulfide) groups is 1. The summed E-state index contributed by atoms with van der Waals surface area (Å²) in [6.07, 6.45) is 0. The highest BCUT2D eigenvalue weighted by molar-refractivity contribution is 7.98. The molecular weight excluding hydrogens is 399 g/mol. The molecule has 0 unspecified atom stereocenters. The molecule has 0 atom stereocenters. The van der Waals surface area contributed by atoms with Crippen molar-refractivity contribution in [1.82, 2.24) is 9.97 Å². The van der Waals surface area contributed by atoms with Crippen LogP contribution in [0.25, 0.3) is 20.7 Å². The SMILES string of the molecule is O=c1[nH]c(SCc2c(F)cccc2Cl)nc2scc(-c3cccs3)c12. The van der Waals surface area contributed by atoms with Gasteiger partial charge < -0.3 is 4.98 Å². The van der Waals surface area contributed by atoms with Gasteiger partial charge in [0.1, 0.15) is 10.6 Å². The molecule has 0 bridgehead atoms. The van der Waals surface area contributed by atoms with E-state index in [4.69, 9.17) is 11.6 Å². The molecule has 3 nitrogen and oxygen atoms in total. The predicted octanol–water partition coefficient (Wildman–Crippen LogP) is 5.80. The van der Waals surface area contributed by atoms with Crippen molar-refractivity contribution in [3.8, 4) is 10.4 Å². The smallest absolute Gasteiger partial charge is 0.260 e. The molecule has 0 radical (unpaired) electrons. The van der Waals surface area contributed by atoms with Crippen LogP contribution < -0.4 is 5.56 Å². The third-order valence-corrected chi connectivity index (χ3v) is 6.65. The molecule has 0 fully saturated rings. The van der Waals surface area contributed by atoms with E-state index in [9.17, 15) is 9.18 Å². The van der Waals surface area contributed by atoms with E-state index in [2.05, 4.69) is 9.97 Å². The van der Waals surface area contributed by atoms with Crippen LogP contribution in [-0.2, 0) is 5.75 Å². The summed E-state index contributed by atoms with van der Waals surface area (Å²) in [6.45, 7) is 0. The maximum Gasteiger partial charge on any atom is 0.260 e. The number of aromatic amines is 1. The van der Waals surface area contributed by atoms with Crippen molar-refractivity contribution >= 4 is 56.3 Å². The minimum absolute atomic E-state index is 0.184. The van der Waals surface area contributed by atoms with Crippen molar-refractivity contribution in [3.63, 3.8) is 0 Å². The van der Waals surface area contributed by atoms with Crippen molar-refractivity contribution in [2.45, 2.75) is 10.9 Å². The van der Waals surface area contributed by atoms with Crippen LogP contribution in [0, 0.1) is 5.82 Å². The van der Waals surface area contributed by atoms with Crippen LogP contribution in [0.5, 0.6) is 0 Å². The summed E-state index contributed by atoms with van der Waals surface area (Å²) in [5.74, 6) is -0.0668. The highest BCUT2D eigenvalue weighted by Crippen LogP contribution is 2.34. The molecule has 126 valence electrons. The Bertz CT molecular complexity index is 1080. The summed E-state index contributed by atoms with van der Waals surface area (Å²) in [7, 11) is 0. The number of thiophene rings is 2. The molecule has 1 N–H and O–H groups in total. The minimum atomic E-state index is -0.362. The zero-order chi connectivity index (χ0) is 17.4. The largest absolute Gasteiger partial charge is 0.301 e. The van der Waals surface area contributed by atoms with Gasteiger partial charge in [-0.25, -0.2) is 9.37 Å². The molecule has 0 saturated carbocycles.